The lowest BCUT2D eigenvalue weighted by Gasteiger charge is -2.42. The lowest BCUT2D eigenvalue weighted by Crippen LogP contribution is -2.54. The average Bonchev–Trinajstić information content (AvgIpc) is 3.26. The van der Waals surface area contributed by atoms with E-state index in [1.165, 1.54) is 6.07 Å². The third-order valence-corrected chi connectivity index (χ3v) is 6.92. The summed E-state index contributed by atoms with van der Waals surface area (Å²) in [6, 6.07) is 7.70. The van der Waals surface area contributed by atoms with E-state index >= 15 is 0 Å². The van der Waals surface area contributed by atoms with Crippen LogP contribution in [0.2, 0.25) is 5.02 Å². The first kappa shape index (κ1) is 25.0. The molecule has 1 aromatic heterocycles. The molecule has 2 aliphatic heterocycles. The Morgan fingerprint density at radius 3 is 2.60 bits per heavy atom. The van der Waals surface area contributed by atoms with Crippen LogP contribution in [0, 0.1) is 11.6 Å². The van der Waals surface area contributed by atoms with Gasteiger partial charge < -0.3 is 20.4 Å². The highest BCUT2D eigenvalue weighted by atomic mass is 35.5. The molecule has 3 heterocycles. The van der Waals surface area contributed by atoms with Crippen LogP contribution in [0.15, 0.2) is 60.0 Å². The maximum absolute atomic E-state index is 13.8. The van der Waals surface area contributed by atoms with Gasteiger partial charge in [-0.25, -0.2) is 18.8 Å². The van der Waals surface area contributed by atoms with Gasteiger partial charge >= 0.3 is 0 Å². The minimum absolute atomic E-state index is 0.0541. The molecule has 2 aromatic rings. The van der Waals surface area contributed by atoms with Crippen molar-refractivity contribution in [2.45, 2.75) is 38.8 Å². The zero-order valence-corrected chi connectivity index (χ0v) is 20.8. The predicted octanol–water partition coefficient (Wildman–Crippen LogP) is 4.88. The molecule has 1 unspecified atom stereocenters. The summed E-state index contributed by atoms with van der Waals surface area (Å²) in [6.07, 6.45) is 5.64. The molecule has 0 amide bonds. The number of benzene rings is 1. The van der Waals surface area contributed by atoms with E-state index in [1.807, 2.05) is 12.1 Å². The van der Waals surface area contributed by atoms with Crippen molar-refractivity contribution < 1.29 is 8.78 Å². The summed E-state index contributed by atoms with van der Waals surface area (Å²) in [6.45, 7) is 11.4. The van der Waals surface area contributed by atoms with Crippen molar-refractivity contribution in [1.82, 2.24) is 14.8 Å². The number of nitrogens with two attached hydrogens (primary N) is 1. The zero-order valence-electron chi connectivity index (χ0n) is 20.1. The Labute approximate surface area is 210 Å². The minimum atomic E-state index is -0.943. The van der Waals surface area contributed by atoms with Gasteiger partial charge in [0.1, 0.15) is 17.5 Å². The summed E-state index contributed by atoms with van der Waals surface area (Å²) in [7, 11) is 0. The molecular formula is C26H31ClF2N6. The molecule has 2 N–H and O–H groups in total. The number of rotatable bonds is 5. The van der Waals surface area contributed by atoms with E-state index in [2.05, 4.69) is 40.1 Å². The maximum Gasteiger partial charge on any atom is 0.159 e. The molecule has 4 rings (SSSR count). The minimum Gasteiger partial charge on any atom is -0.398 e. The molecule has 1 aromatic carbocycles. The third-order valence-electron chi connectivity index (χ3n) is 6.63. The first-order valence-electron chi connectivity index (χ1n) is 11.8. The smallest absolute Gasteiger partial charge is 0.159 e. The zero-order chi connectivity index (χ0) is 25.1. The molecule has 0 saturated carbocycles. The lowest BCUT2D eigenvalue weighted by molar-refractivity contribution is 0.294. The lowest BCUT2D eigenvalue weighted by atomic mass is 10.1. The summed E-state index contributed by atoms with van der Waals surface area (Å²) in [4.78, 5) is 15.8. The largest absolute Gasteiger partial charge is 0.398 e. The second-order valence-electron chi connectivity index (χ2n) is 9.10. The molecular weight excluding hydrogens is 470 g/mol. The van der Waals surface area contributed by atoms with Crippen LogP contribution in [-0.2, 0) is 0 Å². The number of hydrogen-bond donors (Lipinski definition) is 1. The Kier molecular flexibility index (Phi) is 7.60. The number of piperazine rings is 1. The number of likely N-dealkylation sites (tertiary alicyclic amines) is 1. The van der Waals surface area contributed by atoms with Crippen LogP contribution in [0.3, 0.4) is 0 Å². The molecule has 2 fully saturated rings. The van der Waals surface area contributed by atoms with Crippen LogP contribution in [0.5, 0.6) is 0 Å². The van der Waals surface area contributed by atoms with Gasteiger partial charge in [0.2, 0.25) is 0 Å². The van der Waals surface area contributed by atoms with Gasteiger partial charge in [-0.2, -0.15) is 0 Å². The highest BCUT2D eigenvalue weighted by Gasteiger charge is 2.28. The fourth-order valence-corrected chi connectivity index (χ4v) is 4.93. The van der Waals surface area contributed by atoms with Crippen molar-refractivity contribution in [3.63, 3.8) is 0 Å². The van der Waals surface area contributed by atoms with E-state index in [9.17, 15) is 8.78 Å². The second kappa shape index (κ2) is 10.6. The Morgan fingerprint density at radius 2 is 1.94 bits per heavy atom. The van der Waals surface area contributed by atoms with Crippen molar-refractivity contribution in [1.29, 1.82) is 0 Å². The SMILES string of the molecule is C=C(N=C(/C=C(\N)c1ccc(F)c(F)c1)N1CCN(c2ncccc2Cl)C[C@@H]1C)N1CCCC1C. The topological polar surface area (TPSA) is 61.0 Å². The van der Waals surface area contributed by atoms with E-state index in [0.29, 0.717) is 53.6 Å². The van der Waals surface area contributed by atoms with Gasteiger partial charge in [-0.15, -0.1) is 0 Å². The van der Waals surface area contributed by atoms with Crippen LogP contribution >= 0.6 is 11.6 Å². The average molecular weight is 501 g/mol. The van der Waals surface area contributed by atoms with Crippen molar-refractivity contribution in [3.05, 3.63) is 77.2 Å². The van der Waals surface area contributed by atoms with Gasteiger partial charge in [0, 0.05) is 61.8 Å². The van der Waals surface area contributed by atoms with E-state index in [4.69, 9.17) is 22.3 Å². The number of aliphatic imine (C=N–C) groups is 1. The van der Waals surface area contributed by atoms with Crippen LogP contribution in [0.1, 0.15) is 32.3 Å². The molecule has 2 aliphatic rings. The predicted molar refractivity (Wildman–Crippen MR) is 138 cm³/mol. The van der Waals surface area contributed by atoms with Gasteiger partial charge in [0.25, 0.3) is 0 Å². The van der Waals surface area contributed by atoms with Crippen LogP contribution in [0.4, 0.5) is 14.6 Å². The molecule has 0 bridgehead atoms. The summed E-state index contributed by atoms with van der Waals surface area (Å²) >= 11 is 6.38. The third kappa shape index (κ3) is 5.59. The van der Waals surface area contributed by atoms with E-state index in [-0.39, 0.29) is 6.04 Å². The Hall–Kier alpha value is -3.13. The molecule has 9 heteroatoms. The first-order chi connectivity index (χ1) is 16.7. The summed E-state index contributed by atoms with van der Waals surface area (Å²) in [5.74, 6) is 0.204. The maximum atomic E-state index is 13.8. The number of hydrogen-bond acceptors (Lipinski definition) is 5. The highest BCUT2D eigenvalue weighted by molar-refractivity contribution is 6.32. The van der Waals surface area contributed by atoms with Crippen LogP contribution in [0.25, 0.3) is 5.70 Å². The number of pyridine rings is 1. The fraction of sp³-hybridized carbons (Fsp3) is 0.385. The first-order valence-corrected chi connectivity index (χ1v) is 12.2. The molecule has 35 heavy (non-hydrogen) atoms. The molecule has 0 aliphatic carbocycles. The normalized spacial score (nSPS) is 21.6. The van der Waals surface area contributed by atoms with Gasteiger partial charge in [-0.1, -0.05) is 18.2 Å². The van der Waals surface area contributed by atoms with Gasteiger partial charge in [0.15, 0.2) is 11.6 Å². The summed E-state index contributed by atoms with van der Waals surface area (Å²) in [5.41, 5.74) is 7.04. The number of aromatic nitrogens is 1. The molecule has 0 radical (unpaired) electrons. The van der Waals surface area contributed by atoms with E-state index in [1.54, 1.807) is 12.3 Å². The highest BCUT2D eigenvalue weighted by Crippen LogP contribution is 2.27. The van der Waals surface area contributed by atoms with Gasteiger partial charge in [-0.05, 0) is 57.0 Å². The second-order valence-corrected chi connectivity index (χ2v) is 9.50. The van der Waals surface area contributed by atoms with Crippen molar-refractivity contribution in [3.8, 4) is 0 Å². The number of amidine groups is 1. The van der Waals surface area contributed by atoms with Gasteiger partial charge in [0.05, 0.1) is 5.02 Å². The molecule has 2 atom stereocenters. The molecule has 2 saturated heterocycles. The van der Waals surface area contributed by atoms with Crippen molar-refractivity contribution in [2.24, 2.45) is 10.7 Å². The molecule has 186 valence electrons. The Morgan fingerprint density at radius 1 is 1.14 bits per heavy atom. The standard InChI is InChI=1S/C26H31ClF2N6/c1-17-6-5-11-34(17)19(3)32-25(15-24(30)20-8-9-22(28)23(29)14-20)35-13-12-33(16-18(35)2)26-21(27)7-4-10-31-26/h4,7-10,14-15,17-18H,3,5-6,11-13,16,30H2,1-2H3/b24-15-,32-25?/t17?,18-/m0/s1. The van der Waals surface area contributed by atoms with Crippen molar-refractivity contribution in [2.75, 3.05) is 31.1 Å². The Balaban J connectivity index is 1.63. The fourth-order valence-electron chi connectivity index (χ4n) is 4.69. The quantitative estimate of drug-likeness (QED) is 0.468. The summed E-state index contributed by atoms with van der Waals surface area (Å²) in [5, 5.41) is 0.612. The number of halogens is 3. The number of anilines is 1. The molecule has 6 nitrogen and oxygen atoms in total. The Bertz CT molecular complexity index is 1150. The van der Waals surface area contributed by atoms with Gasteiger partial charge in [-0.3, -0.25) is 0 Å². The van der Waals surface area contributed by atoms with Crippen LogP contribution in [-0.4, -0.2) is 58.9 Å². The van der Waals surface area contributed by atoms with Crippen molar-refractivity contribution >= 4 is 29.0 Å². The molecule has 0 spiro atoms. The van der Waals surface area contributed by atoms with E-state index < -0.39 is 11.6 Å². The van der Waals surface area contributed by atoms with Crippen LogP contribution < -0.4 is 10.6 Å². The summed E-state index contributed by atoms with van der Waals surface area (Å²) < 4.78 is 27.3. The number of nitrogens with zero attached hydrogens (tertiary/aromatic N) is 5. The monoisotopic (exact) mass is 500 g/mol. The van der Waals surface area contributed by atoms with E-state index in [0.717, 1.165) is 37.3 Å².